The molecule has 4 nitrogen and oxygen atoms in total. The van der Waals surface area contributed by atoms with Gasteiger partial charge in [0, 0.05) is 10.7 Å². The van der Waals surface area contributed by atoms with Gasteiger partial charge in [0.15, 0.2) is 0 Å². The van der Waals surface area contributed by atoms with E-state index in [2.05, 4.69) is 5.32 Å². The molecule has 0 bridgehead atoms. The van der Waals surface area contributed by atoms with Gasteiger partial charge in [0.25, 0.3) is 0 Å². The number of esters is 1. The number of halogens is 1. The van der Waals surface area contributed by atoms with Gasteiger partial charge >= 0.3 is 5.97 Å². The molecule has 0 saturated carbocycles. The van der Waals surface area contributed by atoms with Gasteiger partial charge in [0.1, 0.15) is 0 Å². The maximum atomic E-state index is 12.0. The number of amides is 1. The molecule has 1 rings (SSSR count). The number of benzene rings is 1. The predicted octanol–water partition coefficient (Wildman–Crippen LogP) is 3.27. The maximum Gasteiger partial charge on any atom is 0.315 e. The van der Waals surface area contributed by atoms with Gasteiger partial charge in [0.05, 0.1) is 17.6 Å². The zero-order valence-electron chi connectivity index (χ0n) is 11.7. The van der Waals surface area contributed by atoms with Crippen molar-refractivity contribution in [2.75, 3.05) is 17.7 Å². The molecule has 1 N–H and O–H groups in total. The van der Waals surface area contributed by atoms with Gasteiger partial charge in [-0.3, -0.25) is 9.59 Å². The lowest BCUT2D eigenvalue weighted by atomic mass is 10.2. The first-order valence-corrected chi connectivity index (χ1v) is 7.71. The van der Waals surface area contributed by atoms with Crippen LogP contribution in [0.4, 0.5) is 5.69 Å². The van der Waals surface area contributed by atoms with Crippen molar-refractivity contribution in [3.63, 3.8) is 0 Å². The average molecular weight is 316 g/mol. The molecule has 0 aliphatic carbocycles. The van der Waals surface area contributed by atoms with Crippen LogP contribution in [0, 0.1) is 6.92 Å². The van der Waals surface area contributed by atoms with E-state index in [9.17, 15) is 9.59 Å². The first-order chi connectivity index (χ1) is 9.43. The van der Waals surface area contributed by atoms with E-state index in [1.165, 1.54) is 11.8 Å². The van der Waals surface area contributed by atoms with Gasteiger partial charge in [-0.15, -0.1) is 11.8 Å². The summed E-state index contributed by atoms with van der Waals surface area (Å²) in [6.07, 6.45) is 0. The second kappa shape index (κ2) is 8.17. The van der Waals surface area contributed by atoms with Crippen LogP contribution in [0.2, 0.25) is 5.02 Å². The molecule has 0 aliphatic rings. The summed E-state index contributed by atoms with van der Waals surface area (Å²) in [6, 6.07) is 5.32. The van der Waals surface area contributed by atoms with Crippen molar-refractivity contribution < 1.29 is 14.3 Å². The van der Waals surface area contributed by atoms with E-state index in [0.717, 1.165) is 5.56 Å². The Morgan fingerprint density at radius 1 is 1.45 bits per heavy atom. The van der Waals surface area contributed by atoms with Gasteiger partial charge < -0.3 is 10.1 Å². The zero-order chi connectivity index (χ0) is 15.1. The van der Waals surface area contributed by atoms with Crippen LogP contribution in [0.3, 0.4) is 0 Å². The normalized spacial score (nSPS) is 11.8. The summed E-state index contributed by atoms with van der Waals surface area (Å²) in [7, 11) is 0. The molecular weight excluding hydrogens is 298 g/mol. The Bertz CT molecular complexity index is 493. The molecule has 0 saturated heterocycles. The van der Waals surface area contributed by atoms with Gasteiger partial charge in [-0.05, 0) is 38.5 Å². The van der Waals surface area contributed by atoms with Crippen molar-refractivity contribution in [2.45, 2.75) is 26.0 Å². The third-order valence-electron chi connectivity index (χ3n) is 2.58. The minimum atomic E-state index is -0.349. The number of hydrogen-bond acceptors (Lipinski definition) is 4. The van der Waals surface area contributed by atoms with E-state index in [-0.39, 0.29) is 22.9 Å². The zero-order valence-corrected chi connectivity index (χ0v) is 13.3. The molecule has 6 heteroatoms. The van der Waals surface area contributed by atoms with Crippen LogP contribution in [0.5, 0.6) is 0 Å². The number of thioether (sulfide) groups is 1. The van der Waals surface area contributed by atoms with Crippen molar-refractivity contribution in [2.24, 2.45) is 0 Å². The van der Waals surface area contributed by atoms with Gasteiger partial charge in [-0.1, -0.05) is 17.7 Å². The minimum Gasteiger partial charge on any atom is -0.465 e. The number of hydrogen-bond donors (Lipinski definition) is 1. The van der Waals surface area contributed by atoms with Crippen LogP contribution in [0.15, 0.2) is 18.2 Å². The predicted molar refractivity (Wildman–Crippen MR) is 83.4 cm³/mol. The second-order valence-corrected chi connectivity index (χ2v) is 5.97. The summed E-state index contributed by atoms with van der Waals surface area (Å²) >= 11 is 7.14. The summed E-state index contributed by atoms with van der Waals surface area (Å²) in [5.41, 5.74) is 1.62. The molecule has 1 aromatic rings. The largest absolute Gasteiger partial charge is 0.465 e. The Hall–Kier alpha value is -1.20. The Morgan fingerprint density at radius 3 is 2.80 bits per heavy atom. The Morgan fingerprint density at radius 2 is 2.15 bits per heavy atom. The summed E-state index contributed by atoms with van der Waals surface area (Å²) in [5.74, 6) is -0.308. The molecule has 1 unspecified atom stereocenters. The summed E-state index contributed by atoms with van der Waals surface area (Å²) in [4.78, 5) is 23.3. The Labute approximate surface area is 128 Å². The molecule has 20 heavy (non-hydrogen) atoms. The van der Waals surface area contributed by atoms with Crippen molar-refractivity contribution in [3.05, 3.63) is 28.8 Å². The number of carbonyl (C=O) groups is 2. The van der Waals surface area contributed by atoms with Crippen LogP contribution >= 0.6 is 23.4 Å². The third kappa shape index (κ3) is 5.43. The molecule has 0 aliphatic heterocycles. The fourth-order valence-electron chi connectivity index (χ4n) is 1.43. The molecular formula is C14H18ClNO3S. The monoisotopic (exact) mass is 315 g/mol. The summed E-state index contributed by atoms with van der Waals surface area (Å²) in [5, 5.41) is 3.03. The van der Waals surface area contributed by atoms with Crippen molar-refractivity contribution in [3.8, 4) is 0 Å². The lowest BCUT2D eigenvalue weighted by Crippen LogP contribution is -2.24. The summed E-state index contributed by atoms with van der Waals surface area (Å²) in [6.45, 7) is 5.74. The number of anilines is 1. The van der Waals surface area contributed by atoms with Gasteiger partial charge in [-0.25, -0.2) is 0 Å². The molecule has 0 aromatic heterocycles. The number of ether oxygens (including phenoxy) is 1. The standard InChI is InChI=1S/C14H18ClNO3S/c1-4-19-13(17)8-20-10(3)14(18)16-12-7-11(15)6-5-9(12)2/h5-7,10H,4,8H2,1-3H3,(H,16,18). The van der Waals surface area contributed by atoms with Crippen molar-refractivity contribution >= 4 is 40.9 Å². The Kier molecular flexibility index (Phi) is 6.88. The van der Waals surface area contributed by atoms with Crippen LogP contribution in [-0.4, -0.2) is 29.5 Å². The van der Waals surface area contributed by atoms with E-state index in [0.29, 0.717) is 17.3 Å². The third-order valence-corrected chi connectivity index (χ3v) is 3.93. The highest BCUT2D eigenvalue weighted by Crippen LogP contribution is 2.21. The SMILES string of the molecule is CCOC(=O)CSC(C)C(=O)Nc1cc(Cl)ccc1C. The lowest BCUT2D eigenvalue weighted by molar-refractivity contribution is -0.139. The average Bonchev–Trinajstić information content (AvgIpc) is 2.40. The quantitative estimate of drug-likeness (QED) is 0.819. The maximum absolute atomic E-state index is 12.0. The minimum absolute atomic E-state index is 0.162. The highest BCUT2D eigenvalue weighted by molar-refractivity contribution is 8.01. The van der Waals surface area contributed by atoms with Crippen LogP contribution in [0.25, 0.3) is 0 Å². The van der Waals surface area contributed by atoms with Crippen LogP contribution < -0.4 is 5.32 Å². The Balaban J connectivity index is 2.53. The van der Waals surface area contributed by atoms with E-state index in [1.54, 1.807) is 26.0 Å². The smallest absolute Gasteiger partial charge is 0.315 e. The first kappa shape index (κ1) is 16.9. The molecule has 1 aromatic carbocycles. The van der Waals surface area contributed by atoms with Crippen molar-refractivity contribution in [1.82, 2.24) is 0 Å². The lowest BCUT2D eigenvalue weighted by Gasteiger charge is -2.13. The number of rotatable bonds is 6. The van der Waals surface area contributed by atoms with Gasteiger partial charge in [0.2, 0.25) is 5.91 Å². The van der Waals surface area contributed by atoms with Gasteiger partial charge in [-0.2, -0.15) is 0 Å². The fraction of sp³-hybridized carbons (Fsp3) is 0.429. The number of carbonyl (C=O) groups excluding carboxylic acids is 2. The fourth-order valence-corrected chi connectivity index (χ4v) is 2.29. The molecule has 110 valence electrons. The number of nitrogens with one attached hydrogen (secondary N) is 1. The molecule has 1 amide bonds. The highest BCUT2D eigenvalue weighted by atomic mass is 35.5. The van der Waals surface area contributed by atoms with E-state index >= 15 is 0 Å². The molecule has 1 atom stereocenters. The molecule has 0 heterocycles. The van der Waals surface area contributed by atoms with Crippen molar-refractivity contribution in [1.29, 1.82) is 0 Å². The molecule has 0 fully saturated rings. The number of aryl methyl sites for hydroxylation is 1. The second-order valence-electron chi connectivity index (χ2n) is 4.21. The molecule has 0 radical (unpaired) electrons. The highest BCUT2D eigenvalue weighted by Gasteiger charge is 2.16. The summed E-state index contributed by atoms with van der Waals surface area (Å²) < 4.78 is 4.82. The molecule has 0 spiro atoms. The van der Waals surface area contributed by atoms with Crippen LogP contribution in [0.1, 0.15) is 19.4 Å². The topological polar surface area (TPSA) is 55.4 Å². The van der Waals surface area contributed by atoms with E-state index in [1.807, 2.05) is 13.0 Å². The first-order valence-electron chi connectivity index (χ1n) is 6.28. The van der Waals surface area contributed by atoms with E-state index in [4.69, 9.17) is 16.3 Å². The van der Waals surface area contributed by atoms with Crippen LogP contribution in [-0.2, 0) is 14.3 Å². The van der Waals surface area contributed by atoms with E-state index < -0.39 is 0 Å².